The maximum Gasteiger partial charge on any atom is 0.183 e. The Labute approximate surface area is 71.8 Å². The molecule has 0 heterocycles. The zero-order valence-corrected chi connectivity index (χ0v) is 7.11. The van der Waals surface area contributed by atoms with Crippen LogP contribution in [0.4, 0.5) is 5.69 Å². The number of hydrogen-bond acceptors (Lipinski definition) is 3. The average Bonchev–Trinajstić information content (AvgIpc) is 2.17. The van der Waals surface area contributed by atoms with Gasteiger partial charge in [0, 0.05) is 13.1 Å². The highest BCUT2D eigenvalue weighted by atomic mass is 16.5. The molecular formula is C9H10N2O. The van der Waals surface area contributed by atoms with Gasteiger partial charge in [-0.2, -0.15) is 5.26 Å². The van der Waals surface area contributed by atoms with Crippen molar-refractivity contribution in [3.8, 4) is 11.9 Å². The normalized spacial score (nSPS) is 8.75. The molecule has 12 heavy (non-hydrogen) atoms. The van der Waals surface area contributed by atoms with E-state index in [9.17, 15) is 0 Å². The van der Waals surface area contributed by atoms with Crippen molar-refractivity contribution in [3.63, 3.8) is 0 Å². The average molecular weight is 162 g/mol. The fourth-order valence-electron chi connectivity index (χ4n) is 0.877. The molecule has 0 N–H and O–H groups in total. The van der Waals surface area contributed by atoms with Crippen molar-refractivity contribution in [1.29, 1.82) is 5.26 Å². The van der Waals surface area contributed by atoms with E-state index in [0.717, 1.165) is 11.4 Å². The Kier molecular flexibility index (Phi) is 2.54. The molecule has 0 aliphatic heterocycles. The number of ether oxygens (including phenoxy) is 1. The second-order valence-electron chi connectivity index (χ2n) is 2.36. The van der Waals surface area contributed by atoms with Crippen LogP contribution in [0.3, 0.4) is 0 Å². The molecule has 0 aromatic heterocycles. The molecule has 0 spiro atoms. The minimum atomic E-state index is 0.759. The van der Waals surface area contributed by atoms with E-state index in [-0.39, 0.29) is 0 Å². The zero-order valence-electron chi connectivity index (χ0n) is 7.11. The van der Waals surface area contributed by atoms with E-state index in [1.54, 1.807) is 14.2 Å². The summed E-state index contributed by atoms with van der Waals surface area (Å²) in [5.74, 6) is 0.759. The first-order valence-electron chi connectivity index (χ1n) is 3.55. The molecule has 0 saturated carbocycles. The third-order valence-electron chi connectivity index (χ3n) is 1.59. The largest absolute Gasteiger partial charge is 0.497 e. The molecule has 1 aromatic rings. The number of methoxy groups -OCH3 is 1. The fourth-order valence-corrected chi connectivity index (χ4v) is 0.877. The van der Waals surface area contributed by atoms with Gasteiger partial charge in [0.25, 0.3) is 0 Å². The quantitative estimate of drug-likeness (QED) is 0.489. The van der Waals surface area contributed by atoms with E-state index in [4.69, 9.17) is 10.00 Å². The maximum atomic E-state index is 8.59. The lowest BCUT2D eigenvalue weighted by atomic mass is 10.3. The summed E-state index contributed by atoms with van der Waals surface area (Å²) in [7, 11) is 3.31. The van der Waals surface area contributed by atoms with E-state index in [1.807, 2.05) is 30.5 Å². The highest BCUT2D eigenvalue weighted by Crippen LogP contribution is 2.18. The number of benzene rings is 1. The fraction of sp³-hybridized carbons (Fsp3) is 0.222. The van der Waals surface area contributed by atoms with Crippen LogP contribution in [0.15, 0.2) is 24.3 Å². The van der Waals surface area contributed by atoms with Gasteiger partial charge in [0.05, 0.1) is 12.8 Å². The second kappa shape index (κ2) is 3.63. The van der Waals surface area contributed by atoms with Crippen LogP contribution in [0, 0.1) is 11.5 Å². The standard InChI is InChI=1S/C9H10N2O/c1-11(7-10)8-4-3-5-9(6-8)12-2/h3-6H,1-2H3. The number of hydrogen-bond donors (Lipinski definition) is 0. The predicted octanol–water partition coefficient (Wildman–Crippen LogP) is 1.61. The highest BCUT2D eigenvalue weighted by molar-refractivity contribution is 5.52. The van der Waals surface area contributed by atoms with Crippen LogP contribution in [0.25, 0.3) is 0 Å². The minimum absolute atomic E-state index is 0.759. The van der Waals surface area contributed by atoms with Gasteiger partial charge in [0.2, 0.25) is 0 Å². The Morgan fingerprint density at radius 3 is 2.83 bits per heavy atom. The van der Waals surface area contributed by atoms with Crippen molar-refractivity contribution >= 4 is 5.69 Å². The van der Waals surface area contributed by atoms with Gasteiger partial charge in [-0.3, -0.25) is 4.90 Å². The number of anilines is 1. The van der Waals surface area contributed by atoms with Crippen LogP contribution in [0.2, 0.25) is 0 Å². The molecule has 0 aliphatic rings. The van der Waals surface area contributed by atoms with Crippen molar-refractivity contribution in [2.75, 3.05) is 19.1 Å². The summed E-state index contributed by atoms with van der Waals surface area (Å²) < 4.78 is 5.01. The molecule has 0 unspecified atom stereocenters. The Hall–Kier alpha value is -1.69. The smallest absolute Gasteiger partial charge is 0.183 e. The van der Waals surface area contributed by atoms with Crippen molar-refractivity contribution in [3.05, 3.63) is 24.3 Å². The van der Waals surface area contributed by atoms with E-state index < -0.39 is 0 Å². The van der Waals surface area contributed by atoms with Crippen LogP contribution in [0.5, 0.6) is 5.75 Å². The third kappa shape index (κ3) is 1.67. The molecule has 0 bridgehead atoms. The molecule has 0 radical (unpaired) electrons. The topological polar surface area (TPSA) is 36.3 Å². The summed E-state index contributed by atoms with van der Waals surface area (Å²) in [6.07, 6.45) is 2.01. The van der Waals surface area contributed by atoms with Crippen LogP contribution in [-0.2, 0) is 0 Å². The Balaban J connectivity index is 2.95. The van der Waals surface area contributed by atoms with Gasteiger partial charge in [0.15, 0.2) is 6.19 Å². The van der Waals surface area contributed by atoms with Gasteiger partial charge in [-0.05, 0) is 12.1 Å². The number of rotatable bonds is 2. The van der Waals surface area contributed by atoms with Crippen LogP contribution in [0.1, 0.15) is 0 Å². The Morgan fingerprint density at radius 2 is 2.25 bits per heavy atom. The van der Waals surface area contributed by atoms with Gasteiger partial charge < -0.3 is 4.74 Å². The van der Waals surface area contributed by atoms with Gasteiger partial charge in [-0.15, -0.1) is 0 Å². The van der Waals surface area contributed by atoms with Gasteiger partial charge in [-0.25, -0.2) is 0 Å². The lowest BCUT2D eigenvalue weighted by Crippen LogP contribution is -2.07. The summed E-state index contributed by atoms with van der Waals surface area (Å²) in [4.78, 5) is 1.47. The molecule has 62 valence electrons. The van der Waals surface area contributed by atoms with Crippen molar-refractivity contribution in [1.82, 2.24) is 0 Å². The lowest BCUT2D eigenvalue weighted by molar-refractivity contribution is 0.415. The minimum Gasteiger partial charge on any atom is -0.497 e. The summed E-state index contributed by atoms with van der Waals surface area (Å²) in [5.41, 5.74) is 0.830. The first kappa shape index (κ1) is 8.41. The first-order chi connectivity index (χ1) is 5.77. The molecule has 0 atom stereocenters. The van der Waals surface area contributed by atoms with E-state index in [1.165, 1.54) is 4.90 Å². The molecule has 3 nitrogen and oxygen atoms in total. The predicted molar refractivity (Wildman–Crippen MR) is 47.0 cm³/mol. The number of nitriles is 1. The molecule has 0 saturated heterocycles. The summed E-state index contributed by atoms with van der Waals surface area (Å²) in [6, 6.07) is 7.35. The molecule has 3 heteroatoms. The van der Waals surface area contributed by atoms with Crippen molar-refractivity contribution in [2.24, 2.45) is 0 Å². The van der Waals surface area contributed by atoms with E-state index in [0.29, 0.717) is 0 Å². The maximum absolute atomic E-state index is 8.59. The molecule has 1 aromatic carbocycles. The lowest BCUT2D eigenvalue weighted by Gasteiger charge is -2.09. The van der Waals surface area contributed by atoms with Crippen LogP contribution < -0.4 is 9.64 Å². The van der Waals surface area contributed by atoms with E-state index >= 15 is 0 Å². The van der Waals surface area contributed by atoms with Crippen molar-refractivity contribution < 1.29 is 4.74 Å². The highest BCUT2D eigenvalue weighted by Gasteiger charge is 1.98. The molecular weight excluding hydrogens is 152 g/mol. The monoisotopic (exact) mass is 162 g/mol. The summed E-state index contributed by atoms with van der Waals surface area (Å²) in [6.45, 7) is 0. The van der Waals surface area contributed by atoms with Gasteiger partial charge >= 0.3 is 0 Å². The molecule has 0 amide bonds. The Bertz CT molecular complexity index is 304. The summed E-state index contributed by atoms with van der Waals surface area (Å²) >= 11 is 0. The van der Waals surface area contributed by atoms with Crippen LogP contribution in [-0.4, -0.2) is 14.2 Å². The van der Waals surface area contributed by atoms with E-state index in [2.05, 4.69) is 0 Å². The number of nitrogens with zero attached hydrogens (tertiary/aromatic N) is 2. The zero-order chi connectivity index (χ0) is 8.97. The molecule has 0 fully saturated rings. The summed E-state index contributed by atoms with van der Waals surface area (Å²) in [5, 5.41) is 8.59. The van der Waals surface area contributed by atoms with Crippen molar-refractivity contribution in [2.45, 2.75) is 0 Å². The molecule has 0 aliphatic carbocycles. The van der Waals surface area contributed by atoms with Crippen LogP contribution >= 0.6 is 0 Å². The SMILES string of the molecule is COc1cccc(N(C)C#N)c1. The third-order valence-corrected chi connectivity index (χ3v) is 1.59. The first-order valence-corrected chi connectivity index (χ1v) is 3.55. The Morgan fingerprint density at radius 1 is 1.50 bits per heavy atom. The van der Waals surface area contributed by atoms with Gasteiger partial charge in [-0.1, -0.05) is 6.07 Å². The van der Waals surface area contributed by atoms with Gasteiger partial charge in [0.1, 0.15) is 5.75 Å². The molecule has 1 rings (SSSR count). The second-order valence-corrected chi connectivity index (χ2v) is 2.36.